The summed E-state index contributed by atoms with van der Waals surface area (Å²) in [6.07, 6.45) is 3.36. The molecule has 1 aliphatic heterocycles. The van der Waals surface area contributed by atoms with Gasteiger partial charge in [0, 0.05) is 17.6 Å². The van der Waals surface area contributed by atoms with Crippen molar-refractivity contribution in [1.82, 2.24) is 35.6 Å². The van der Waals surface area contributed by atoms with Gasteiger partial charge in [0.15, 0.2) is 5.69 Å². The van der Waals surface area contributed by atoms with Crippen molar-refractivity contribution in [3.05, 3.63) is 46.2 Å². The molecule has 168 valence electrons. The van der Waals surface area contributed by atoms with Gasteiger partial charge in [-0.2, -0.15) is 9.78 Å². The molecule has 0 saturated carbocycles. The summed E-state index contributed by atoms with van der Waals surface area (Å²) in [4.78, 5) is 15.3. The van der Waals surface area contributed by atoms with Crippen LogP contribution in [-0.4, -0.2) is 54.4 Å². The number of aromatic nitrogens is 5. The lowest BCUT2D eigenvalue weighted by atomic mass is 10.0. The Hall–Kier alpha value is -3.31. The van der Waals surface area contributed by atoms with E-state index in [4.69, 9.17) is 22.0 Å². The zero-order valence-corrected chi connectivity index (χ0v) is 18.6. The first kappa shape index (κ1) is 21.9. The van der Waals surface area contributed by atoms with Crippen LogP contribution in [0, 0.1) is 0 Å². The van der Waals surface area contributed by atoms with Crippen LogP contribution in [0.4, 0.5) is 5.82 Å². The minimum absolute atomic E-state index is 0.0615. The minimum Gasteiger partial charge on any atom is -0.378 e. The molecular formula is C20H24ClN9O2. The number of halogens is 1. The Balaban J connectivity index is 1.61. The molecule has 1 atom stereocenters. The van der Waals surface area contributed by atoms with E-state index in [0.29, 0.717) is 29.0 Å². The number of piperidine rings is 1. The predicted octanol–water partition coefficient (Wildman–Crippen LogP) is 2.41. The number of hydrogen-bond donors (Lipinski definition) is 2. The normalized spacial score (nSPS) is 17.5. The SMILES string of the molecule is CC(=NNC(=O)c1nnn(-c2nonc2N)c1CN1CCCCC1C)c1ccc(Cl)cc1. The number of likely N-dealkylation sites (tertiary alicyclic amines) is 1. The van der Waals surface area contributed by atoms with E-state index in [1.807, 2.05) is 12.1 Å². The summed E-state index contributed by atoms with van der Waals surface area (Å²) in [5.74, 6) is -0.234. The highest BCUT2D eigenvalue weighted by atomic mass is 35.5. The van der Waals surface area contributed by atoms with Crippen LogP contribution in [0.5, 0.6) is 0 Å². The summed E-state index contributed by atoms with van der Waals surface area (Å²) in [6, 6.07) is 7.54. The first-order chi connectivity index (χ1) is 15.4. The van der Waals surface area contributed by atoms with Crippen molar-refractivity contribution in [2.45, 2.75) is 45.7 Å². The fourth-order valence-electron chi connectivity index (χ4n) is 3.66. The van der Waals surface area contributed by atoms with E-state index in [9.17, 15) is 4.79 Å². The second-order valence-corrected chi connectivity index (χ2v) is 8.17. The number of amides is 1. The molecule has 1 saturated heterocycles. The van der Waals surface area contributed by atoms with Gasteiger partial charge in [-0.05, 0) is 61.2 Å². The van der Waals surface area contributed by atoms with E-state index in [1.54, 1.807) is 19.1 Å². The average molecular weight is 458 g/mol. The maximum Gasteiger partial charge on any atom is 0.293 e. The summed E-state index contributed by atoms with van der Waals surface area (Å²) in [7, 11) is 0. The molecule has 4 rings (SSSR count). The molecule has 3 aromatic rings. The Morgan fingerprint density at radius 2 is 2.09 bits per heavy atom. The lowest BCUT2D eigenvalue weighted by molar-refractivity contribution is 0.0944. The van der Waals surface area contributed by atoms with Crippen molar-refractivity contribution >= 4 is 29.0 Å². The number of carbonyl (C=O) groups is 1. The lowest BCUT2D eigenvalue weighted by Gasteiger charge is -2.33. The summed E-state index contributed by atoms with van der Waals surface area (Å²) < 4.78 is 6.11. The standard InChI is InChI=1S/C20H24ClN9O2/c1-12-5-3-4-10-29(12)11-16-17(24-28-30(16)19-18(22)26-32-27-19)20(31)25-23-13(2)14-6-8-15(21)9-7-14/h6-9,12H,3-5,10-11H2,1-2H3,(H2,22,26)(H,25,31). The fourth-order valence-corrected chi connectivity index (χ4v) is 3.78. The first-order valence-corrected chi connectivity index (χ1v) is 10.7. The van der Waals surface area contributed by atoms with Gasteiger partial charge in [0.2, 0.25) is 11.6 Å². The highest BCUT2D eigenvalue weighted by molar-refractivity contribution is 6.30. The maximum absolute atomic E-state index is 13.0. The first-order valence-electron chi connectivity index (χ1n) is 10.3. The van der Waals surface area contributed by atoms with Crippen LogP contribution < -0.4 is 11.2 Å². The zero-order chi connectivity index (χ0) is 22.7. The van der Waals surface area contributed by atoms with Crippen molar-refractivity contribution in [3.63, 3.8) is 0 Å². The van der Waals surface area contributed by atoms with E-state index in [1.165, 1.54) is 11.1 Å². The Labute approximate surface area is 189 Å². The number of hydrogen-bond acceptors (Lipinski definition) is 9. The van der Waals surface area contributed by atoms with E-state index in [-0.39, 0.29) is 17.3 Å². The molecular weight excluding hydrogens is 434 g/mol. The molecule has 0 aliphatic carbocycles. The summed E-state index contributed by atoms with van der Waals surface area (Å²) in [6.45, 7) is 5.31. The molecule has 11 nitrogen and oxygen atoms in total. The number of nitrogens with zero attached hydrogens (tertiary/aromatic N) is 7. The molecule has 0 radical (unpaired) electrons. The third-order valence-electron chi connectivity index (χ3n) is 5.56. The van der Waals surface area contributed by atoms with Gasteiger partial charge in [0.1, 0.15) is 0 Å². The van der Waals surface area contributed by atoms with Gasteiger partial charge in [-0.25, -0.2) is 10.1 Å². The van der Waals surface area contributed by atoms with Crippen LogP contribution in [0.1, 0.15) is 54.9 Å². The summed E-state index contributed by atoms with van der Waals surface area (Å²) in [5.41, 5.74) is 10.6. The Morgan fingerprint density at radius 3 is 2.78 bits per heavy atom. The third kappa shape index (κ3) is 4.63. The molecule has 1 fully saturated rings. The van der Waals surface area contributed by atoms with E-state index in [0.717, 1.165) is 24.9 Å². The molecule has 3 N–H and O–H groups in total. The van der Waals surface area contributed by atoms with Gasteiger partial charge in [-0.1, -0.05) is 35.4 Å². The number of anilines is 1. The van der Waals surface area contributed by atoms with Gasteiger partial charge in [-0.3, -0.25) is 9.69 Å². The number of carbonyl (C=O) groups excluding carboxylic acids is 1. The Kier molecular flexibility index (Phi) is 6.47. The molecule has 0 bridgehead atoms. The smallest absolute Gasteiger partial charge is 0.293 e. The summed E-state index contributed by atoms with van der Waals surface area (Å²) in [5, 5.41) is 20.4. The fraction of sp³-hybridized carbons (Fsp3) is 0.400. The molecule has 1 aromatic carbocycles. The predicted molar refractivity (Wildman–Crippen MR) is 118 cm³/mol. The van der Waals surface area contributed by atoms with Crippen LogP contribution >= 0.6 is 11.6 Å². The van der Waals surface area contributed by atoms with E-state index >= 15 is 0 Å². The number of nitrogen functional groups attached to an aromatic ring is 1. The molecule has 32 heavy (non-hydrogen) atoms. The van der Waals surface area contributed by atoms with Crippen LogP contribution in [0.25, 0.3) is 5.82 Å². The number of hydrazone groups is 1. The van der Waals surface area contributed by atoms with Crippen LogP contribution in [-0.2, 0) is 6.54 Å². The van der Waals surface area contributed by atoms with E-state index in [2.05, 4.69) is 43.0 Å². The third-order valence-corrected chi connectivity index (χ3v) is 5.81. The monoisotopic (exact) mass is 457 g/mol. The van der Waals surface area contributed by atoms with Gasteiger partial charge >= 0.3 is 0 Å². The highest BCUT2D eigenvalue weighted by Crippen LogP contribution is 2.22. The molecule has 12 heteroatoms. The van der Waals surface area contributed by atoms with Gasteiger partial charge in [-0.15, -0.1) is 5.10 Å². The molecule has 2 aromatic heterocycles. The highest BCUT2D eigenvalue weighted by Gasteiger charge is 2.28. The minimum atomic E-state index is -0.487. The molecule has 1 unspecified atom stereocenters. The Morgan fingerprint density at radius 1 is 1.31 bits per heavy atom. The van der Waals surface area contributed by atoms with Crippen LogP contribution in [0.3, 0.4) is 0 Å². The number of nitrogens with one attached hydrogen (secondary N) is 1. The van der Waals surface area contributed by atoms with Gasteiger partial charge < -0.3 is 5.73 Å². The topological polar surface area (TPSA) is 140 Å². The average Bonchev–Trinajstić information content (AvgIpc) is 3.39. The number of rotatable bonds is 6. The van der Waals surface area contributed by atoms with E-state index < -0.39 is 5.91 Å². The molecule has 0 spiro atoms. The molecule has 3 heterocycles. The van der Waals surface area contributed by atoms with Crippen molar-refractivity contribution in [1.29, 1.82) is 0 Å². The number of benzene rings is 1. The zero-order valence-electron chi connectivity index (χ0n) is 17.8. The van der Waals surface area contributed by atoms with Crippen molar-refractivity contribution < 1.29 is 9.42 Å². The quantitative estimate of drug-likeness (QED) is 0.424. The second-order valence-electron chi connectivity index (χ2n) is 7.73. The van der Waals surface area contributed by atoms with Gasteiger partial charge in [0.05, 0.1) is 11.4 Å². The largest absolute Gasteiger partial charge is 0.378 e. The molecule has 1 amide bonds. The molecule has 1 aliphatic rings. The van der Waals surface area contributed by atoms with Crippen molar-refractivity contribution in [3.8, 4) is 5.82 Å². The maximum atomic E-state index is 13.0. The van der Waals surface area contributed by atoms with Crippen molar-refractivity contribution in [2.24, 2.45) is 5.10 Å². The number of nitrogens with two attached hydrogens (primary N) is 1. The summed E-state index contributed by atoms with van der Waals surface area (Å²) >= 11 is 5.93. The van der Waals surface area contributed by atoms with Crippen LogP contribution in [0.15, 0.2) is 34.0 Å². The second kappa shape index (κ2) is 9.45. The van der Waals surface area contributed by atoms with Crippen molar-refractivity contribution in [2.75, 3.05) is 12.3 Å². The van der Waals surface area contributed by atoms with Gasteiger partial charge in [0.25, 0.3) is 5.91 Å². The Bertz CT molecular complexity index is 1120. The van der Waals surface area contributed by atoms with Crippen LogP contribution in [0.2, 0.25) is 5.02 Å². The lowest BCUT2D eigenvalue weighted by Crippen LogP contribution is -2.38.